The van der Waals surface area contributed by atoms with E-state index in [2.05, 4.69) is 61.6 Å². The number of rotatable bonds is 3. The number of nitriles is 1. The Labute approximate surface area is 176 Å². The van der Waals surface area contributed by atoms with Crippen molar-refractivity contribution >= 4 is 15.9 Å². The molecule has 0 fully saturated rings. The second-order valence-corrected chi connectivity index (χ2v) is 7.96. The molecule has 0 N–H and O–H groups in total. The third kappa shape index (κ3) is 3.00. The minimum atomic E-state index is 0.492. The van der Waals surface area contributed by atoms with Crippen LogP contribution in [0.25, 0.3) is 28.3 Å². The average Bonchev–Trinajstić information content (AvgIpc) is 3.30. The van der Waals surface area contributed by atoms with E-state index in [1.54, 1.807) is 7.11 Å². The Morgan fingerprint density at radius 2 is 1.97 bits per heavy atom. The summed E-state index contributed by atoms with van der Waals surface area (Å²) in [4.78, 5) is 4.74. The largest absolute Gasteiger partial charge is 0.378 e. The molecule has 1 aliphatic rings. The van der Waals surface area contributed by atoms with Gasteiger partial charge in [0.15, 0.2) is 5.82 Å². The lowest BCUT2D eigenvalue weighted by molar-refractivity contribution is 0.180. The molecule has 1 aliphatic heterocycles. The second kappa shape index (κ2) is 7.03. The molecule has 5 nitrogen and oxygen atoms in total. The maximum absolute atomic E-state index is 9.05. The lowest BCUT2D eigenvalue weighted by atomic mass is 10.1. The zero-order valence-corrected chi connectivity index (χ0v) is 17.3. The van der Waals surface area contributed by atoms with Crippen LogP contribution in [0.15, 0.2) is 65.4 Å². The van der Waals surface area contributed by atoms with Gasteiger partial charge in [0.2, 0.25) is 0 Å². The summed E-state index contributed by atoms with van der Waals surface area (Å²) in [5, 5.41) is 9.05. The monoisotopic (exact) mass is 444 g/mol. The summed E-state index contributed by atoms with van der Waals surface area (Å²) in [7, 11) is 1.70. The Kier molecular flexibility index (Phi) is 4.35. The fourth-order valence-corrected chi connectivity index (χ4v) is 4.30. The van der Waals surface area contributed by atoms with Crippen LogP contribution in [0.4, 0.5) is 0 Å². The average molecular weight is 445 g/mol. The molecule has 2 aromatic carbocycles. The highest BCUT2D eigenvalue weighted by atomic mass is 79.9. The molecule has 29 heavy (non-hydrogen) atoms. The number of imidazole rings is 1. The van der Waals surface area contributed by atoms with Crippen molar-refractivity contribution in [2.24, 2.45) is 0 Å². The molecule has 4 aromatic rings. The number of ether oxygens (including phenoxy) is 1. The first-order chi connectivity index (χ1) is 14.2. The number of hydrogen-bond acceptors (Lipinski definition) is 3. The van der Waals surface area contributed by atoms with Gasteiger partial charge in [-0.1, -0.05) is 28.1 Å². The highest BCUT2D eigenvalue weighted by molar-refractivity contribution is 9.10. The number of benzene rings is 2. The number of aromatic nitrogens is 3. The molecule has 0 saturated carbocycles. The molecule has 0 amide bonds. The molecule has 6 heteroatoms. The summed E-state index contributed by atoms with van der Waals surface area (Å²) in [6, 6.07) is 18.3. The topological polar surface area (TPSA) is 55.8 Å². The SMILES string of the molecule is COCc1cnc2n1-c1ccc(Br)cc1Cn1cc(-c3ccc(C#N)cc3)cc1-2. The molecule has 2 aromatic heterocycles. The zero-order valence-electron chi connectivity index (χ0n) is 15.8. The van der Waals surface area contributed by atoms with Gasteiger partial charge >= 0.3 is 0 Å². The van der Waals surface area contributed by atoms with E-state index in [4.69, 9.17) is 15.0 Å². The van der Waals surface area contributed by atoms with Crippen molar-refractivity contribution in [3.63, 3.8) is 0 Å². The van der Waals surface area contributed by atoms with Gasteiger partial charge in [-0.05, 0) is 47.5 Å². The first-order valence-electron chi connectivity index (χ1n) is 9.23. The molecule has 0 saturated heterocycles. The Morgan fingerprint density at radius 3 is 2.72 bits per heavy atom. The number of halogens is 1. The first kappa shape index (κ1) is 17.9. The van der Waals surface area contributed by atoms with E-state index in [1.807, 2.05) is 30.5 Å². The van der Waals surface area contributed by atoms with Crippen LogP contribution in [0.5, 0.6) is 0 Å². The Hall–Kier alpha value is -3.14. The Bertz CT molecular complexity index is 1260. The number of methoxy groups -OCH3 is 1. The summed E-state index contributed by atoms with van der Waals surface area (Å²) in [6.07, 6.45) is 4.04. The number of nitrogens with zero attached hydrogens (tertiary/aromatic N) is 4. The lowest BCUT2D eigenvalue weighted by Crippen LogP contribution is -2.04. The van der Waals surface area contributed by atoms with Gasteiger partial charge in [-0.2, -0.15) is 5.26 Å². The van der Waals surface area contributed by atoms with Crippen LogP contribution in [-0.2, 0) is 17.9 Å². The Morgan fingerprint density at radius 1 is 1.14 bits per heavy atom. The third-order valence-electron chi connectivity index (χ3n) is 5.22. The number of hydrogen-bond donors (Lipinski definition) is 0. The van der Waals surface area contributed by atoms with Crippen molar-refractivity contribution in [2.75, 3.05) is 7.11 Å². The molecule has 0 spiro atoms. The second-order valence-electron chi connectivity index (χ2n) is 7.05. The van der Waals surface area contributed by atoms with E-state index in [0.29, 0.717) is 12.2 Å². The summed E-state index contributed by atoms with van der Waals surface area (Å²) >= 11 is 3.61. The summed E-state index contributed by atoms with van der Waals surface area (Å²) in [5.41, 5.74) is 7.24. The van der Waals surface area contributed by atoms with Crippen LogP contribution in [0, 0.1) is 11.3 Å². The van der Waals surface area contributed by atoms with Gasteiger partial charge < -0.3 is 9.30 Å². The first-order valence-corrected chi connectivity index (χ1v) is 10.0. The van der Waals surface area contributed by atoms with E-state index in [-0.39, 0.29) is 0 Å². The number of fused-ring (bicyclic) bond motifs is 5. The normalized spacial score (nSPS) is 11.9. The van der Waals surface area contributed by atoms with E-state index >= 15 is 0 Å². The maximum Gasteiger partial charge on any atom is 0.161 e. The van der Waals surface area contributed by atoms with Gasteiger partial charge in [0.25, 0.3) is 0 Å². The van der Waals surface area contributed by atoms with Crippen molar-refractivity contribution in [2.45, 2.75) is 13.2 Å². The standard InChI is InChI=1S/C23H17BrN4O/c1-29-14-20-11-26-23-22-9-17(16-4-2-15(10-25)3-5-16)12-27(22)13-18-8-19(24)6-7-21(18)28(20)23/h2-9,11-12H,13-14H2,1H3. The molecule has 3 heterocycles. The van der Waals surface area contributed by atoms with Crippen molar-refractivity contribution in [1.82, 2.24) is 14.1 Å². The third-order valence-corrected chi connectivity index (χ3v) is 5.72. The van der Waals surface area contributed by atoms with E-state index in [0.717, 1.165) is 45.0 Å². The maximum atomic E-state index is 9.05. The fraction of sp³-hybridized carbons (Fsp3) is 0.130. The lowest BCUT2D eigenvalue weighted by Gasteiger charge is -2.13. The van der Waals surface area contributed by atoms with Crippen LogP contribution in [0.2, 0.25) is 0 Å². The van der Waals surface area contributed by atoms with Gasteiger partial charge in [-0.25, -0.2) is 4.98 Å². The van der Waals surface area contributed by atoms with Gasteiger partial charge in [0, 0.05) is 29.9 Å². The summed E-state index contributed by atoms with van der Waals surface area (Å²) in [5.74, 6) is 0.901. The summed E-state index contributed by atoms with van der Waals surface area (Å²) < 4.78 is 10.9. The molecule has 0 atom stereocenters. The molecule has 142 valence electrons. The van der Waals surface area contributed by atoms with Crippen LogP contribution in [0.3, 0.4) is 0 Å². The van der Waals surface area contributed by atoms with Crippen molar-refractivity contribution in [1.29, 1.82) is 5.26 Å². The van der Waals surface area contributed by atoms with Gasteiger partial charge in [0.05, 0.1) is 41.5 Å². The van der Waals surface area contributed by atoms with Crippen molar-refractivity contribution < 1.29 is 4.74 Å². The van der Waals surface area contributed by atoms with Crippen LogP contribution in [-0.4, -0.2) is 21.2 Å². The molecule has 0 unspecified atom stereocenters. The van der Waals surface area contributed by atoms with Crippen LogP contribution < -0.4 is 0 Å². The highest BCUT2D eigenvalue weighted by Crippen LogP contribution is 2.36. The molecule has 5 rings (SSSR count). The zero-order chi connectivity index (χ0) is 20.0. The molecule has 0 radical (unpaired) electrons. The van der Waals surface area contributed by atoms with Gasteiger partial charge in [-0.15, -0.1) is 0 Å². The minimum absolute atomic E-state index is 0.492. The van der Waals surface area contributed by atoms with E-state index in [1.165, 1.54) is 5.56 Å². The van der Waals surface area contributed by atoms with Crippen molar-refractivity contribution in [3.8, 4) is 34.4 Å². The Balaban J connectivity index is 1.70. The van der Waals surface area contributed by atoms with Gasteiger partial charge in [0.1, 0.15) is 0 Å². The van der Waals surface area contributed by atoms with Crippen molar-refractivity contribution in [3.05, 3.63) is 82.2 Å². The smallest absolute Gasteiger partial charge is 0.161 e. The molecule has 0 bridgehead atoms. The van der Waals surface area contributed by atoms with Gasteiger partial charge in [-0.3, -0.25) is 4.57 Å². The molecular formula is C23H17BrN4O. The quantitative estimate of drug-likeness (QED) is 0.386. The minimum Gasteiger partial charge on any atom is -0.378 e. The fourth-order valence-electron chi connectivity index (χ4n) is 3.89. The summed E-state index contributed by atoms with van der Waals surface area (Å²) in [6.45, 7) is 1.24. The van der Waals surface area contributed by atoms with E-state index < -0.39 is 0 Å². The molecular weight excluding hydrogens is 428 g/mol. The van der Waals surface area contributed by atoms with Crippen LogP contribution >= 0.6 is 15.9 Å². The predicted octanol–water partition coefficient (Wildman–Crippen LogP) is 5.15. The predicted molar refractivity (Wildman–Crippen MR) is 115 cm³/mol. The molecule has 0 aliphatic carbocycles. The van der Waals surface area contributed by atoms with E-state index in [9.17, 15) is 0 Å². The van der Waals surface area contributed by atoms with Crippen LogP contribution in [0.1, 0.15) is 16.8 Å². The highest BCUT2D eigenvalue weighted by Gasteiger charge is 2.24.